The summed E-state index contributed by atoms with van der Waals surface area (Å²) in [6.07, 6.45) is -0.0504. The van der Waals surface area contributed by atoms with Crippen molar-refractivity contribution >= 4 is 28.1 Å². The lowest BCUT2D eigenvalue weighted by Crippen LogP contribution is -2.04. The van der Waals surface area contributed by atoms with Crippen molar-refractivity contribution in [3.05, 3.63) is 0 Å². The van der Waals surface area contributed by atoms with Gasteiger partial charge < -0.3 is 14.3 Å². The van der Waals surface area contributed by atoms with Crippen LogP contribution < -0.4 is 0 Å². The molecule has 0 saturated carbocycles. The summed E-state index contributed by atoms with van der Waals surface area (Å²) < 4.78 is 21.8. The molecule has 0 aliphatic rings. The van der Waals surface area contributed by atoms with Crippen molar-refractivity contribution in [2.75, 3.05) is 19.4 Å². The molecular weight excluding hydrogens is 261 g/mol. The molecular formula is C6H13BrNO4P. The lowest BCUT2D eigenvalue weighted by Gasteiger charge is -2.15. The molecule has 0 aliphatic heterocycles. The van der Waals surface area contributed by atoms with Gasteiger partial charge in [-0.1, -0.05) is 5.16 Å². The molecule has 0 heterocycles. The molecule has 0 aromatic carbocycles. The van der Waals surface area contributed by atoms with Gasteiger partial charge in [-0.15, -0.1) is 0 Å². The minimum Gasteiger partial charge on any atom is -0.410 e. The maximum absolute atomic E-state index is 11.7. The van der Waals surface area contributed by atoms with Crippen LogP contribution in [0.1, 0.15) is 13.8 Å². The average molecular weight is 274 g/mol. The van der Waals surface area contributed by atoms with Gasteiger partial charge in [-0.2, -0.15) is 0 Å². The predicted octanol–water partition coefficient (Wildman–Crippen LogP) is 2.44. The summed E-state index contributed by atoms with van der Waals surface area (Å²) in [5.74, 6) is 0. The molecule has 7 heteroatoms. The van der Waals surface area contributed by atoms with Gasteiger partial charge in [0.25, 0.3) is 0 Å². The summed E-state index contributed by atoms with van der Waals surface area (Å²) >= 11 is 2.92. The molecule has 0 rings (SSSR count). The van der Waals surface area contributed by atoms with E-state index in [9.17, 15) is 4.57 Å². The summed E-state index contributed by atoms with van der Waals surface area (Å²) in [6.45, 7) is 4.03. The van der Waals surface area contributed by atoms with Crippen LogP contribution >= 0.6 is 23.5 Å². The largest absolute Gasteiger partial charge is 0.410 e. The van der Waals surface area contributed by atoms with E-state index in [1.54, 1.807) is 13.8 Å². The van der Waals surface area contributed by atoms with Crippen molar-refractivity contribution in [1.82, 2.24) is 0 Å². The van der Waals surface area contributed by atoms with Crippen molar-refractivity contribution in [3.8, 4) is 0 Å². The molecule has 5 nitrogen and oxygen atoms in total. The smallest absolute Gasteiger partial charge is 0.337 e. The first-order valence-electron chi connectivity index (χ1n) is 3.82. The van der Waals surface area contributed by atoms with Crippen molar-refractivity contribution in [3.63, 3.8) is 0 Å². The van der Waals surface area contributed by atoms with Crippen LogP contribution in [0.4, 0.5) is 0 Å². The summed E-state index contributed by atoms with van der Waals surface area (Å²) in [5, 5.41) is 11.2. The van der Waals surface area contributed by atoms with Crippen LogP contribution in [0.3, 0.4) is 0 Å². The maximum atomic E-state index is 11.7. The lowest BCUT2D eigenvalue weighted by atomic mass is 10.9. The number of oxime groups is 1. The molecule has 0 spiro atoms. The molecule has 0 aromatic rings. The molecule has 0 fully saturated rings. The van der Waals surface area contributed by atoms with Crippen LogP contribution in [0.2, 0.25) is 0 Å². The Morgan fingerprint density at radius 3 is 2.23 bits per heavy atom. The zero-order valence-electron chi connectivity index (χ0n) is 7.57. The van der Waals surface area contributed by atoms with E-state index in [1.165, 1.54) is 0 Å². The highest BCUT2D eigenvalue weighted by atomic mass is 79.9. The minimum atomic E-state index is -3.13. The Balaban J connectivity index is 4.32. The van der Waals surface area contributed by atoms with Crippen molar-refractivity contribution < 1.29 is 18.8 Å². The van der Waals surface area contributed by atoms with E-state index in [-0.39, 0.29) is 10.8 Å². The van der Waals surface area contributed by atoms with Gasteiger partial charge >= 0.3 is 7.60 Å². The molecule has 0 radical (unpaired) electrons. The van der Waals surface area contributed by atoms with Crippen LogP contribution in [0.25, 0.3) is 0 Å². The van der Waals surface area contributed by atoms with Gasteiger partial charge in [-0.3, -0.25) is 4.57 Å². The standard InChI is InChI=1S/C6H13BrNO4P/c1-3-11-13(10,12-4-2)5-6(7)8-9/h9H,3-5H2,1-2H3/b8-6-. The maximum Gasteiger partial charge on any atom is 0.337 e. The fourth-order valence-electron chi connectivity index (χ4n) is 0.713. The van der Waals surface area contributed by atoms with Crippen LogP contribution in [0, 0.1) is 0 Å². The molecule has 13 heavy (non-hydrogen) atoms. The summed E-state index contributed by atoms with van der Waals surface area (Å²) in [6, 6.07) is 0. The van der Waals surface area contributed by atoms with E-state index >= 15 is 0 Å². The molecule has 0 aromatic heterocycles. The Hall–Kier alpha value is 0.100. The van der Waals surface area contributed by atoms with Crippen molar-refractivity contribution in [1.29, 1.82) is 0 Å². The molecule has 1 N–H and O–H groups in total. The van der Waals surface area contributed by atoms with E-state index in [0.29, 0.717) is 13.2 Å². The third-order valence-electron chi connectivity index (χ3n) is 1.08. The Labute approximate surface area is 85.8 Å². The van der Waals surface area contributed by atoms with Gasteiger partial charge in [0.1, 0.15) is 10.8 Å². The number of halogens is 1. The number of nitrogens with zero attached hydrogens (tertiary/aromatic N) is 1. The highest BCUT2D eigenvalue weighted by Crippen LogP contribution is 2.48. The molecule has 0 aliphatic carbocycles. The lowest BCUT2D eigenvalue weighted by molar-refractivity contribution is 0.223. The normalized spacial score (nSPS) is 13.3. The van der Waals surface area contributed by atoms with E-state index in [2.05, 4.69) is 21.1 Å². The van der Waals surface area contributed by atoms with Crippen molar-refractivity contribution in [2.45, 2.75) is 13.8 Å². The quantitative estimate of drug-likeness (QED) is 0.349. The zero-order valence-corrected chi connectivity index (χ0v) is 10.0. The Morgan fingerprint density at radius 2 is 1.92 bits per heavy atom. The van der Waals surface area contributed by atoms with Crippen LogP contribution in [-0.2, 0) is 13.6 Å². The average Bonchev–Trinajstić information content (AvgIpc) is 2.04. The highest BCUT2D eigenvalue weighted by Gasteiger charge is 2.25. The van der Waals surface area contributed by atoms with E-state index < -0.39 is 7.60 Å². The highest BCUT2D eigenvalue weighted by molar-refractivity contribution is 9.18. The van der Waals surface area contributed by atoms with E-state index in [0.717, 1.165) is 0 Å². The Bertz CT molecular complexity index is 211. The fraction of sp³-hybridized carbons (Fsp3) is 0.833. The third kappa shape index (κ3) is 5.41. The Morgan fingerprint density at radius 1 is 1.46 bits per heavy atom. The van der Waals surface area contributed by atoms with E-state index in [4.69, 9.17) is 14.3 Å². The number of hydrogen-bond acceptors (Lipinski definition) is 5. The molecule has 0 atom stereocenters. The minimum absolute atomic E-state index is 0.0504. The van der Waals surface area contributed by atoms with Crippen molar-refractivity contribution in [2.24, 2.45) is 5.16 Å². The van der Waals surface area contributed by atoms with Crippen LogP contribution in [0.5, 0.6) is 0 Å². The topological polar surface area (TPSA) is 68.1 Å². The molecule has 0 unspecified atom stereocenters. The van der Waals surface area contributed by atoms with Gasteiger partial charge in [-0.05, 0) is 29.8 Å². The summed E-state index contributed by atoms with van der Waals surface area (Å²) in [5.41, 5.74) is 0. The first-order chi connectivity index (χ1) is 6.08. The molecule has 0 amide bonds. The number of rotatable bonds is 6. The summed E-state index contributed by atoms with van der Waals surface area (Å²) in [4.78, 5) is 0. The van der Waals surface area contributed by atoms with Gasteiger partial charge in [0, 0.05) is 0 Å². The van der Waals surface area contributed by atoms with Gasteiger partial charge in [0.15, 0.2) is 0 Å². The third-order valence-corrected chi connectivity index (χ3v) is 3.95. The molecule has 78 valence electrons. The zero-order chi connectivity index (χ0) is 10.3. The Kier molecular flexibility index (Phi) is 6.59. The van der Waals surface area contributed by atoms with Crippen LogP contribution in [0.15, 0.2) is 5.16 Å². The van der Waals surface area contributed by atoms with E-state index in [1.807, 2.05) is 0 Å². The second kappa shape index (κ2) is 6.54. The molecule has 0 saturated heterocycles. The second-order valence-corrected chi connectivity index (χ2v) is 5.05. The van der Waals surface area contributed by atoms with Gasteiger partial charge in [-0.25, -0.2) is 0 Å². The first-order valence-corrected chi connectivity index (χ1v) is 6.34. The summed E-state index contributed by atoms with van der Waals surface area (Å²) in [7, 11) is -3.13. The van der Waals surface area contributed by atoms with Crippen LogP contribution in [-0.4, -0.2) is 29.2 Å². The number of hydrogen-bond donors (Lipinski definition) is 1. The fourth-order valence-corrected chi connectivity index (χ4v) is 3.06. The monoisotopic (exact) mass is 273 g/mol. The van der Waals surface area contributed by atoms with Gasteiger partial charge in [0.2, 0.25) is 0 Å². The first kappa shape index (κ1) is 13.1. The SMILES string of the molecule is CCOP(=O)(C/C(Br)=N/O)OCC. The van der Waals surface area contributed by atoms with Gasteiger partial charge in [0.05, 0.1) is 13.2 Å². The second-order valence-electron chi connectivity index (χ2n) is 2.08. The molecule has 0 bridgehead atoms. The predicted molar refractivity (Wildman–Crippen MR) is 53.9 cm³/mol.